The van der Waals surface area contributed by atoms with Gasteiger partial charge in [-0.15, -0.1) is 0 Å². The van der Waals surface area contributed by atoms with Crippen molar-refractivity contribution < 1.29 is 28.7 Å². The molecule has 35 heavy (non-hydrogen) atoms. The van der Waals surface area contributed by atoms with Crippen LogP contribution in [0.3, 0.4) is 0 Å². The van der Waals surface area contributed by atoms with Crippen molar-refractivity contribution >= 4 is 12.0 Å². The Labute approximate surface area is 203 Å². The van der Waals surface area contributed by atoms with Crippen LogP contribution >= 0.6 is 0 Å². The molecule has 3 aromatic rings. The van der Waals surface area contributed by atoms with Crippen LogP contribution in [-0.2, 0) is 12.0 Å². The molecule has 0 unspecified atom stereocenters. The highest BCUT2D eigenvalue weighted by atomic mass is 16.5. The van der Waals surface area contributed by atoms with Crippen LogP contribution in [0.4, 0.5) is 4.79 Å². The largest absolute Gasteiger partial charge is 0.494 e. The minimum atomic E-state index is -1.03. The molecule has 186 valence electrons. The van der Waals surface area contributed by atoms with E-state index in [4.69, 9.17) is 19.1 Å². The zero-order chi connectivity index (χ0) is 25.4. The summed E-state index contributed by atoms with van der Waals surface area (Å²) in [6.45, 7) is 5.12. The predicted molar refractivity (Wildman–Crippen MR) is 128 cm³/mol. The maximum absolute atomic E-state index is 11.9. The van der Waals surface area contributed by atoms with Gasteiger partial charge in [0.2, 0.25) is 0 Å². The molecule has 10 heteroatoms. The zero-order valence-corrected chi connectivity index (χ0v) is 20.3. The van der Waals surface area contributed by atoms with Gasteiger partial charge in [0.1, 0.15) is 11.5 Å². The minimum Gasteiger partial charge on any atom is -0.494 e. The Balaban J connectivity index is 1.55. The van der Waals surface area contributed by atoms with E-state index in [1.807, 2.05) is 48.5 Å². The van der Waals surface area contributed by atoms with Gasteiger partial charge in [0, 0.05) is 26.1 Å². The molecule has 0 aliphatic heterocycles. The Kier molecular flexibility index (Phi) is 8.30. The number of hydrogen-bond acceptors (Lipinski definition) is 7. The van der Waals surface area contributed by atoms with Crippen molar-refractivity contribution in [3.63, 3.8) is 0 Å². The first-order chi connectivity index (χ1) is 16.7. The van der Waals surface area contributed by atoms with E-state index in [1.54, 1.807) is 14.1 Å². The molecule has 0 atom stereocenters. The SMILES string of the molecule is CN(C)C(=O)c1noc(COc2ccc(C(C)(C)c3ccc(OCCCNC(=O)O)cc3)cc2)n1. The van der Waals surface area contributed by atoms with Gasteiger partial charge in [-0.05, 0) is 41.8 Å². The molecule has 0 aliphatic rings. The van der Waals surface area contributed by atoms with Crippen molar-refractivity contribution in [3.8, 4) is 11.5 Å². The molecule has 0 saturated carbocycles. The van der Waals surface area contributed by atoms with E-state index in [9.17, 15) is 9.59 Å². The second-order valence-corrected chi connectivity index (χ2v) is 8.61. The van der Waals surface area contributed by atoms with E-state index in [1.165, 1.54) is 4.90 Å². The lowest BCUT2D eigenvalue weighted by molar-refractivity contribution is 0.0812. The van der Waals surface area contributed by atoms with Gasteiger partial charge in [-0.1, -0.05) is 43.3 Å². The van der Waals surface area contributed by atoms with Gasteiger partial charge in [-0.25, -0.2) is 4.79 Å². The molecule has 0 fully saturated rings. The number of nitrogens with zero attached hydrogens (tertiary/aromatic N) is 3. The zero-order valence-electron chi connectivity index (χ0n) is 20.3. The van der Waals surface area contributed by atoms with Gasteiger partial charge in [0.15, 0.2) is 6.61 Å². The Hall–Kier alpha value is -4.08. The van der Waals surface area contributed by atoms with Crippen molar-refractivity contribution in [2.45, 2.75) is 32.3 Å². The average molecular weight is 483 g/mol. The minimum absolute atomic E-state index is 0.00249. The molecule has 1 heterocycles. The van der Waals surface area contributed by atoms with Gasteiger partial charge >= 0.3 is 6.09 Å². The second kappa shape index (κ2) is 11.4. The summed E-state index contributed by atoms with van der Waals surface area (Å²) in [7, 11) is 3.23. The first-order valence-electron chi connectivity index (χ1n) is 11.1. The molecule has 2 aromatic carbocycles. The number of amides is 2. The topological polar surface area (TPSA) is 127 Å². The quantitative estimate of drug-likeness (QED) is 0.396. The summed E-state index contributed by atoms with van der Waals surface area (Å²) in [5, 5.41) is 14.6. The fourth-order valence-electron chi connectivity index (χ4n) is 3.31. The van der Waals surface area contributed by atoms with E-state index in [2.05, 4.69) is 29.3 Å². The smallest absolute Gasteiger partial charge is 0.404 e. The average Bonchev–Trinajstić information content (AvgIpc) is 3.31. The summed E-state index contributed by atoms with van der Waals surface area (Å²) >= 11 is 0. The number of benzene rings is 2. The lowest BCUT2D eigenvalue weighted by atomic mass is 9.78. The maximum Gasteiger partial charge on any atom is 0.404 e. The molecular weight excluding hydrogens is 452 g/mol. The summed E-state index contributed by atoms with van der Waals surface area (Å²) in [4.78, 5) is 27.7. The summed E-state index contributed by atoms with van der Waals surface area (Å²) in [5.41, 5.74) is 1.97. The van der Waals surface area contributed by atoms with E-state index in [0.717, 1.165) is 16.9 Å². The molecule has 2 amide bonds. The van der Waals surface area contributed by atoms with Crippen molar-refractivity contribution in [1.82, 2.24) is 20.4 Å². The van der Waals surface area contributed by atoms with Crippen molar-refractivity contribution in [2.24, 2.45) is 0 Å². The monoisotopic (exact) mass is 482 g/mol. The Morgan fingerprint density at radius 1 is 1.00 bits per heavy atom. The highest BCUT2D eigenvalue weighted by Crippen LogP contribution is 2.33. The van der Waals surface area contributed by atoms with Crippen LogP contribution in [0.15, 0.2) is 53.1 Å². The van der Waals surface area contributed by atoms with Gasteiger partial charge in [-0.2, -0.15) is 4.98 Å². The van der Waals surface area contributed by atoms with Gasteiger partial charge < -0.3 is 29.3 Å². The molecule has 1 aromatic heterocycles. The highest BCUT2D eigenvalue weighted by molar-refractivity contribution is 5.89. The van der Waals surface area contributed by atoms with Crippen molar-refractivity contribution in [1.29, 1.82) is 0 Å². The summed E-state index contributed by atoms with van der Waals surface area (Å²) in [5.74, 6) is 1.26. The lowest BCUT2D eigenvalue weighted by Gasteiger charge is -2.26. The first kappa shape index (κ1) is 25.5. The van der Waals surface area contributed by atoms with Crippen molar-refractivity contribution in [3.05, 3.63) is 71.4 Å². The molecule has 10 nitrogen and oxygen atoms in total. The van der Waals surface area contributed by atoms with Crippen molar-refractivity contribution in [2.75, 3.05) is 27.2 Å². The van der Waals surface area contributed by atoms with Gasteiger partial charge in [0.05, 0.1) is 6.61 Å². The molecule has 0 saturated heterocycles. The van der Waals surface area contributed by atoms with E-state index in [-0.39, 0.29) is 29.6 Å². The Bertz CT molecular complexity index is 1120. The van der Waals surface area contributed by atoms with E-state index >= 15 is 0 Å². The summed E-state index contributed by atoms with van der Waals surface area (Å²) in [6, 6.07) is 15.6. The normalized spacial score (nSPS) is 11.1. The molecule has 3 rings (SSSR count). The summed E-state index contributed by atoms with van der Waals surface area (Å²) < 4.78 is 16.5. The number of aromatic nitrogens is 2. The molecule has 0 spiro atoms. The number of hydrogen-bond donors (Lipinski definition) is 2. The number of carboxylic acid groups (broad SMARTS) is 1. The maximum atomic E-state index is 11.9. The second-order valence-electron chi connectivity index (χ2n) is 8.61. The standard InChI is InChI=1S/C25H30N4O6/c1-25(2,17-6-10-19(11-7-17)33-15-5-14-26-24(31)32)18-8-12-20(13-9-18)34-16-21-27-22(28-35-21)23(30)29(3)4/h6-13,26H,5,14-16H2,1-4H3,(H,31,32). The number of carbonyl (C=O) groups excluding carboxylic acids is 1. The lowest BCUT2D eigenvalue weighted by Crippen LogP contribution is -2.23. The third-order valence-electron chi connectivity index (χ3n) is 5.45. The molecule has 2 N–H and O–H groups in total. The number of rotatable bonds is 11. The number of nitrogens with one attached hydrogen (secondary N) is 1. The summed E-state index contributed by atoms with van der Waals surface area (Å²) in [6.07, 6.45) is -0.439. The van der Waals surface area contributed by atoms with Crippen LogP contribution < -0.4 is 14.8 Å². The van der Waals surface area contributed by atoms with Crippen LogP contribution in [0.2, 0.25) is 0 Å². The predicted octanol–water partition coefficient (Wildman–Crippen LogP) is 3.71. The third kappa shape index (κ3) is 6.95. The Morgan fingerprint density at radius 2 is 1.57 bits per heavy atom. The Morgan fingerprint density at radius 3 is 2.11 bits per heavy atom. The molecular formula is C25H30N4O6. The number of ether oxygens (including phenoxy) is 2. The molecule has 0 radical (unpaired) electrons. The van der Waals surface area contributed by atoms with Crippen LogP contribution in [-0.4, -0.2) is 59.4 Å². The van der Waals surface area contributed by atoms with Crippen LogP contribution in [0.1, 0.15) is 47.9 Å². The van der Waals surface area contributed by atoms with Crippen LogP contribution in [0, 0.1) is 0 Å². The van der Waals surface area contributed by atoms with Gasteiger partial charge in [0.25, 0.3) is 17.6 Å². The van der Waals surface area contributed by atoms with Crippen LogP contribution in [0.5, 0.6) is 11.5 Å². The third-order valence-corrected chi connectivity index (χ3v) is 5.45. The van der Waals surface area contributed by atoms with Crippen LogP contribution in [0.25, 0.3) is 0 Å². The highest BCUT2D eigenvalue weighted by Gasteiger charge is 2.23. The first-order valence-corrected chi connectivity index (χ1v) is 11.1. The number of carbonyl (C=O) groups is 2. The fraction of sp³-hybridized carbons (Fsp3) is 0.360. The van der Waals surface area contributed by atoms with E-state index in [0.29, 0.717) is 25.3 Å². The molecule has 0 bridgehead atoms. The van der Waals surface area contributed by atoms with Gasteiger partial charge in [-0.3, -0.25) is 4.79 Å². The fourth-order valence-corrected chi connectivity index (χ4v) is 3.31. The molecule has 0 aliphatic carbocycles. The van der Waals surface area contributed by atoms with E-state index < -0.39 is 6.09 Å².